The maximum absolute atomic E-state index is 13.7. The lowest BCUT2D eigenvalue weighted by atomic mass is 10.1. The van der Waals surface area contributed by atoms with Gasteiger partial charge in [-0.2, -0.15) is 0 Å². The summed E-state index contributed by atoms with van der Waals surface area (Å²) in [5.74, 6) is -0.753. The number of ether oxygens (including phenoxy) is 1. The lowest BCUT2D eigenvalue weighted by molar-refractivity contribution is -0.142. The third-order valence-corrected chi connectivity index (χ3v) is 4.29. The van der Waals surface area contributed by atoms with Crippen LogP contribution < -0.4 is 0 Å². The second-order valence-corrected chi connectivity index (χ2v) is 5.84. The molecule has 2 saturated heterocycles. The van der Waals surface area contributed by atoms with Gasteiger partial charge in [-0.3, -0.25) is 9.69 Å². The Morgan fingerprint density at radius 2 is 2.00 bits per heavy atom. The summed E-state index contributed by atoms with van der Waals surface area (Å²) in [7, 11) is 0. The van der Waals surface area contributed by atoms with Crippen molar-refractivity contribution in [3.63, 3.8) is 0 Å². The molecule has 1 aromatic rings. The van der Waals surface area contributed by atoms with Crippen molar-refractivity contribution in [3.8, 4) is 0 Å². The fraction of sp³-hybridized carbons (Fsp3) is 0.562. The number of benzene rings is 1. The molecule has 120 valence electrons. The van der Waals surface area contributed by atoms with Crippen LogP contribution in [0, 0.1) is 11.6 Å². The van der Waals surface area contributed by atoms with E-state index in [4.69, 9.17) is 4.74 Å². The van der Waals surface area contributed by atoms with Crippen molar-refractivity contribution in [2.24, 2.45) is 0 Å². The second kappa shape index (κ2) is 6.71. The first kappa shape index (κ1) is 15.4. The standard InChI is InChI=1S/C16H20F2N2O2/c17-13-3-4-14(18)12(10-13)11-19-5-7-20(8-6-19)16(21)15-2-1-9-22-15/h3-4,10,15H,1-2,5-9,11H2. The summed E-state index contributed by atoms with van der Waals surface area (Å²) in [4.78, 5) is 16.1. The molecule has 1 atom stereocenters. The number of carbonyl (C=O) groups is 1. The third kappa shape index (κ3) is 3.44. The number of halogens is 2. The molecule has 0 radical (unpaired) electrons. The van der Waals surface area contributed by atoms with Crippen molar-refractivity contribution in [2.45, 2.75) is 25.5 Å². The first-order valence-electron chi connectivity index (χ1n) is 7.70. The van der Waals surface area contributed by atoms with E-state index in [1.165, 1.54) is 6.07 Å². The normalized spacial score (nSPS) is 23.0. The highest BCUT2D eigenvalue weighted by Gasteiger charge is 2.30. The smallest absolute Gasteiger partial charge is 0.251 e. The van der Waals surface area contributed by atoms with Crippen molar-refractivity contribution in [3.05, 3.63) is 35.4 Å². The number of nitrogens with zero attached hydrogens (tertiary/aromatic N) is 2. The van der Waals surface area contributed by atoms with Gasteiger partial charge in [0.05, 0.1) is 0 Å². The lowest BCUT2D eigenvalue weighted by Crippen LogP contribution is -2.51. The number of rotatable bonds is 3. The molecule has 2 heterocycles. The molecular weight excluding hydrogens is 290 g/mol. The zero-order valence-electron chi connectivity index (χ0n) is 12.4. The van der Waals surface area contributed by atoms with E-state index in [1.54, 1.807) is 0 Å². The zero-order chi connectivity index (χ0) is 15.5. The number of piperazine rings is 1. The number of hydrogen-bond acceptors (Lipinski definition) is 3. The van der Waals surface area contributed by atoms with Crippen LogP contribution in [0.25, 0.3) is 0 Å². The summed E-state index contributed by atoms with van der Waals surface area (Å²) >= 11 is 0. The summed E-state index contributed by atoms with van der Waals surface area (Å²) in [6.45, 7) is 3.56. The average Bonchev–Trinajstić information content (AvgIpc) is 3.05. The van der Waals surface area contributed by atoms with Crippen LogP contribution >= 0.6 is 0 Å². The Kier molecular flexibility index (Phi) is 4.69. The molecule has 1 aromatic carbocycles. The molecule has 2 aliphatic heterocycles. The molecule has 1 amide bonds. The molecule has 0 N–H and O–H groups in total. The Bertz CT molecular complexity index is 539. The van der Waals surface area contributed by atoms with Gasteiger partial charge in [0.1, 0.15) is 17.7 Å². The van der Waals surface area contributed by atoms with Crippen LogP contribution in [0.3, 0.4) is 0 Å². The predicted molar refractivity (Wildman–Crippen MR) is 77.2 cm³/mol. The van der Waals surface area contributed by atoms with Gasteiger partial charge in [-0.1, -0.05) is 0 Å². The van der Waals surface area contributed by atoms with E-state index in [9.17, 15) is 13.6 Å². The minimum absolute atomic E-state index is 0.0640. The summed E-state index contributed by atoms with van der Waals surface area (Å²) in [6.07, 6.45) is 1.45. The fourth-order valence-electron chi connectivity index (χ4n) is 3.01. The van der Waals surface area contributed by atoms with Gasteiger partial charge in [0.15, 0.2) is 0 Å². The molecule has 2 aliphatic rings. The van der Waals surface area contributed by atoms with Gasteiger partial charge >= 0.3 is 0 Å². The van der Waals surface area contributed by atoms with Crippen molar-refractivity contribution >= 4 is 5.91 Å². The molecule has 0 saturated carbocycles. The molecule has 2 fully saturated rings. The summed E-state index contributed by atoms with van der Waals surface area (Å²) < 4.78 is 32.3. The van der Waals surface area contributed by atoms with Crippen LogP contribution in [0.2, 0.25) is 0 Å². The summed E-state index contributed by atoms with van der Waals surface area (Å²) in [5, 5.41) is 0. The van der Waals surface area contributed by atoms with Crippen LogP contribution in [-0.2, 0) is 16.1 Å². The van der Waals surface area contributed by atoms with Gasteiger partial charge in [0, 0.05) is 44.9 Å². The number of carbonyl (C=O) groups excluding carboxylic acids is 1. The Hall–Kier alpha value is -1.53. The highest BCUT2D eigenvalue weighted by Crippen LogP contribution is 2.17. The average molecular weight is 310 g/mol. The molecule has 0 spiro atoms. The minimum Gasteiger partial charge on any atom is -0.368 e. The second-order valence-electron chi connectivity index (χ2n) is 5.84. The van der Waals surface area contributed by atoms with E-state index in [0.29, 0.717) is 44.9 Å². The largest absolute Gasteiger partial charge is 0.368 e. The third-order valence-electron chi connectivity index (χ3n) is 4.29. The minimum atomic E-state index is -0.427. The Labute approximate surface area is 128 Å². The Morgan fingerprint density at radius 1 is 1.23 bits per heavy atom. The Balaban J connectivity index is 1.53. The van der Waals surface area contributed by atoms with E-state index >= 15 is 0 Å². The molecular formula is C16H20F2N2O2. The van der Waals surface area contributed by atoms with Crippen molar-refractivity contribution < 1.29 is 18.3 Å². The molecule has 0 aliphatic carbocycles. The first-order chi connectivity index (χ1) is 10.6. The van der Waals surface area contributed by atoms with Gasteiger partial charge in [-0.25, -0.2) is 8.78 Å². The first-order valence-corrected chi connectivity index (χ1v) is 7.70. The molecule has 0 bridgehead atoms. The maximum atomic E-state index is 13.7. The van der Waals surface area contributed by atoms with Crippen LogP contribution in [0.1, 0.15) is 18.4 Å². The van der Waals surface area contributed by atoms with E-state index in [1.807, 2.05) is 9.80 Å². The van der Waals surface area contributed by atoms with Gasteiger partial charge in [0.25, 0.3) is 5.91 Å². The van der Waals surface area contributed by atoms with Gasteiger partial charge in [0.2, 0.25) is 0 Å². The van der Waals surface area contributed by atoms with Crippen LogP contribution in [-0.4, -0.2) is 54.6 Å². The lowest BCUT2D eigenvalue weighted by Gasteiger charge is -2.35. The predicted octanol–water partition coefficient (Wildman–Crippen LogP) is 1.79. The highest BCUT2D eigenvalue weighted by molar-refractivity contribution is 5.81. The molecule has 0 aromatic heterocycles. The quantitative estimate of drug-likeness (QED) is 0.853. The fourth-order valence-corrected chi connectivity index (χ4v) is 3.01. The van der Waals surface area contributed by atoms with Gasteiger partial charge < -0.3 is 9.64 Å². The molecule has 1 unspecified atom stereocenters. The summed E-state index contributed by atoms with van der Waals surface area (Å²) in [6, 6.07) is 3.51. The van der Waals surface area contributed by atoms with Gasteiger partial charge in [-0.05, 0) is 31.0 Å². The van der Waals surface area contributed by atoms with Crippen LogP contribution in [0.5, 0.6) is 0 Å². The monoisotopic (exact) mass is 310 g/mol. The SMILES string of the molecule is O=C(C1CCCO1)N1CCN(Cc2cc(F)ccc2F)CC1. The molecule has 3 rings (SSSR count). The van der Waals surface area contributed by atoms with Crippen LogP contribution in [0.4, 0.5) is 8.78 Å². The molecule has 6 heteroatoms. The van der Waals surface area contributed by atoms with E-state index < -0.39 is 5.82 Å². The van der Waals surface area contributed by atoms with Crippen molar-refractivity contribution in [1.82, 2.24) is 9.80 Å². The van der Waals surface area contributed by atoms with E-state index in [-0.39, 0.29) is 17.8 Å². The van der Waals surface area contributed by atoms with Gasteiger partial charge in [-0.15, -0.1) is 0 Å². The zero-order valence-corrected chi connectivity index (χ0v) is 12.4. The number of hydrogen-bond donors (Lipinski definition) is 0. The van der Waals surface area contributed by atoms with Crippen LogP contribution in [0.15, 0.2) is 18.2 Å². The molecule has 4 nitrogen and oxygen atoms in total. The number of amides is 1. The van der Waals surface area contributed by atoms with Crippen molar-refractivity contribution in [2.75, 3.05) is 32.8 Å². The summed E-state index contributed by atoms with van der Waals surface area (Å²) in [5.41, 5.74) is 0.360. The van der Waals surface area contributed by atoms with E-state index in [2.05, 4.69) is 0 Å². The topological polar surface area (TPSA) is 32.8 Å². The van der Waals surface area contributed by atoms with E-state index in [0.717, 1.165) is 25.0 Å². The molecule has 22 heavy (non-hydrogen) atoms. The highest BCUT2D eigenvalue weighted by atomic mass is 19.1. The Morgan fingerprint density at radius 3 is 2.68 bits per heavy atom. The van der Waals surface area contributed by atoms with Crippen molar-refractivity contribution in [1.29, 1.82) is 0 Å². The maximum Gasteiger partial charge on any atom is 0.251 e.